The molecule has 0 unspecified atom stereocenters. The second-order valence-electron chi connectivity index (χ2n) is 7.41. The summed E-state index contributed by atoms with van der Waals surface area (Å²) in [6.07, 6.45) is 2.21. The molecule has 1 atom stereocenters. The molecule has 1 amide bonds. The first-order valence-corrected chi connectivity index (χ1v) is 11.7. The number of nitrogens with one attached hydrogen (secondary N) is 2. The lowest BCUT2D eigenvalue weighted by Gasteiger charge is -2.16. The lowest BCUT2D eigenvalue weighted by Crippen LogP contribution is -2.31. The number of hydrogen-bond donors (Lipinski definition) is 2. The van der Waals surface area contributed by atoms with Crippen molar-refractivity contribution in [1.82, 2.24) is 15.3 Å². The normalized spacial score (nSPS) is 11.7. The molecular weight excluding hydrogens is 452 g/mol. The number of furan rings is 1. The standard InChI is InChI=1S/C25H26N4O4S/c1-4-22(24(30)26-15-17-8-7-11-33-17)34-25-28-21-10-6-5-9-20(21)23(29-25)27-16-12-18(31-2)14-19(13-16)32-3/h5-14,22H,4,15H2,1-3H3,(H,26,30)(H,27,28,29)/t22-/m1/s1. The predicted molar refractivity (Wildman–Crippen MR) is 133 cm³/mol. The Kier molecular flexibility index (Phi) is 7.54. The average molecular weight is 479 g/mol. The largest absolute Gasteiger partial charge is 0.497 e. The zero-order chi connectivity index (χ0) is 23.9. The first-order valence-electron chi connectivity index (χ1n) is 10.8. The number of carbonyl (C=O) groups excluding carboxylic acids is 1. The van der Waals surface area contributed by atoms with Gasteiger partial charge in [-0.3, -0.25) is 4.79 Å². The topological polar surface area (TPSA) is 98.5 Å². The van der Waals surface area contributed by atoms with Crippen LogP contribution in [-0.4, -0.2) is 35.3 Å². The molecule has 0 bridgehead atoms. The summed E-state index contributed by atoms with van der Waals surface area (Å²) in [5.41, 5.74) is 1.54. The van der Waals surface area contributed by atoms with Crippen LogP contribution in [-0.2, 0) is 11.3 Å². The zero-order valence-electron chi connectivity index (χ0n) is 19.2. The highest BCUT2D eigenvalue weighted by Gasteiger charge is 2.21. The van der Waals surface area contributed by atoms with E-state index in [1.165, 1.54) is 11.8 Å². The van der Waals surface area contributed by atoms with Crippen molar-refractivity contribution in [2.24, 2.45) is 0 Å². The summed E-state index contributed by atoms with van der Waals surface area (Å²) in [4.78, 5) is 22.2. The van der Waals surface area contributed by atoms with Crippen molar-refractivity contribution in [1.29, 1.82) is 0 Å². The Morgan fingerprint density at radius 2 is 1.82 bits per heavy atom. The molecule has 0 radical (unpaired) electrons. The van der Waals surface area contributed by atoms with E-state index in [0.717, 1.165) is 16.6 Å². The van der Waals surface area contributed by atoms with Gasteiger partial charge in [-0.05, 0) is 30.7 Å². The van der Waals surface area contributed by atoms with Gasteiger partial charge in [-0.2, -0.15) is 0 Å². The number of ether oxygens (including phenoxy) is 2. The summed E-state index contributed by atoms with van der Waals surface area (Å²) in [7, 11) is 3.21. The molecule has 0 saturated heterocycles. The molecule has 2 aromatic heterocycles. The molecule has 2 heterocycles. The minimum Gasteiger partial charge on any atom is -0.497 e. The molecule has 4 aromatic rings. The Bertz CT molecular complexity index is 1240. The molecule has 0 aliphatic heterocycles. The summed E-state index contributed by atoms with van der Waals surface area (Å²) in [6, 6.07) is 16.9. The van der Waals surface area contributed by atoms with E-state index in [0.29, 0.717) is 41.2 Å². The van der Waals surface area contributed by atoms with Crippen LogP contribution >= 0.6 is 11.8 Å². The molecule has 176 valence electrons. The zero-order valence-corrected chi connectivity index (χ0v) is 20.0. The van der Waals surface area contributed by atoms with Crippen LogP contribution in [0.5, 0.6) is 11.5 Å². The van der Waals surface area contributed by atoms with Crippen molar-refractivity contribution in [2.45, 2.75) is 30.3 Å². The van der Waals surface area contributed by atoms with E-state index >= 15 is 0 Å². The Balaban J connectivity index is 1.59. The molecule has 0 saturated carbocycles. The van der Waals surface area contributed by atoms with Gasteiger partial charge >= 0.3 is 0 Å². The number of amides is 1. The molecule has 8 nitrogen and oxygen atoms in total. The Labute approximate surface area is 202 Å². The van der Waals surface area contributed by atoms with Crippen molar-refractivity contribution in [3.63, 3.8) is 0 Å². The Hall–Kier alpha value is -3.72. The highest BCUT2D eigenvalue weighted by atomic mass is 32.2. The lowest BCUT2D eigenvalue weighted by atomic mass is 10.2. The molecular formula is C25H26N4O4S. The monoisotopic (exact) mass is 478 g/mol. The van der Waals surface area contributed by atoms with Crippen LogP contribution < -0.4 is 20.1 Å². The van der Waals surface area contributed by atoms with Gasteiger partial charge in [-0.15, -0.1) is 0 Å². The van der Waals surface area contributed by atoms with Gasteiger partial charge in [0.2, 0.25) is 5.91 Å². The maximum atomic E-state index is 12.8. The van der Waals surface area contributed by atoms with Gasteiger partial charge in [0, 0.05) is 29.3 Å². The van der Waals surface area contributed by atoms with Gasteiger partial charge in [-0.1, -0.05) is 30.8 Å². The maximum absolute atomic E-state index is 12.8. The second-order valence-corrected chi connectivity index (χ2v) is 8.58. The van der Waals surface area contributed by atoms with E-state index in [9.17, 15) is 4.79 Å². The number of methoxy groups -OCH3 is 2. The number of fused-ring (bicyclic) bond motifs is 1. The molecule has 4 rings (SSSR count). The van der Waals surface area contributed by atoms with Crippen molar-refractivity contribution in [3.05, 3.63) is 66.6 Å². The average Bonchev–Trinajstić information content (AvgIpc) is 3.39. The molecule has 0 aliphatic carbocycles. The number of benzene rings is 2. The number of thioether (sulfide) groups is 1. The number of para-hydroxylation sites is 1. The van der Waals surface area contributed by atoms with Crippen LogP contribution in [0.25, 0.3) is 10.9 Å². The van der Waals surface area contributed by atoms with Crippen molar-refractivity contribution in [3.8, 4) is 11.5 Å². The van der Waals surface area contributed by atoms with Crippen molar-refractivity contribution in [2.75, 3.05) is 19.5 Å². The van der Waals surface area contributed by atoms with Crippen LogP contribution in [0.15, 0.2) is 70.4 Å². The summed E-state index contributed by atoms with van der Waals surface area (Å²) >= 11 is 1.33. The number of carbonyl (C=O) groups is 1. The fourth-order valence-corrected chi connectivity index (χ4v) is 4.28. The first-order chi connectivity index (χ1) is 16.6. The number of nitrogens with zero attached hydrogens (tertiary/aromatic N) is 2. The number of rotatable bonds is 10. The van der Waals surface area contributed by atoms with Gasteiger partial charge in [0.15, 0.2) is 5.16 Å². The Morgan fingerprint density at radius 1 is 1.06 bits per heavy atom. The van der Waals surface area contributed by atoms with Gasteiger partial charge in [-0.25, -0.2) is 9.97 Å². The Morgan fingerprint density at radius 3 is 2.50 bits per heavy atom. The third-order valence-electron chi connectivity index (χ3n) is 5.12. The summed E-state index contributed by atoms with van der Waals surface area (Å²) in [5, 5.41) is 7.31. The molecule has 2 N–H and O–H groups in total. The van der Waals surface area contributed by atoms with Gasteiger partial charge < -0.3 is 24.5 Å². The number of hydrogen-bond acceptors (Lipinski definition) is 8. The molecule has 0 aliphatic rings. The smallest absolute Gasteiger partial charge is 0.233 e. The third-order valence-corrected chi connectivity index (χ3v) is 6.35. The summed E-state index contributed by atoms with van der Waals surface area (Å²) in [6.45, 7) is 2.30. The molecule has 0 spiro atoms. The quantitative estimate of drug-likeness (QED) is 0.238. The first kappa shape index (κ1) is 23.4. The van der Waals surface area contributed by atoms with Crippen LogP contribution in [0, 0.1) is 0 Å². The predicted octanol–water partition coefficient (Wildman–Crippen LogP) is 5.17. The minimum atomic E-state index is -0.346. The van der Waals surface area contributed by atoms with Crippen LogP contribution in [0.2, 0.25) is 0 Å². The third kappa shape index (κ3) is 5.60. The molecule has 9 heteroatoms. The number of aromatic nitrogens is 2. The summed E-state index contributed by atoms with van der Waals surface area (Å²) in [5.74, 6) is 2.57. The van der Waals surface area contributed by atoms with E-state index in [1.54, 1.807) is 32.6 Å². The maximum Gasteiger partial charge on any atom is 0.233 e. The van der Waals surface area contributed by atoms with Crippen molar-refractivity contribution >= 4 is 40.1 Å². The molecule has 0 fully saturated rings. The van der Waals surface area contributed by atoms with Crippen molar-refractivity contribution < 1.29 is 18.7 Å². The highest BCUT2D eigenvalue weighted by Crippen LogP contribution is 2.32. The van der Waals surface area contributed by atoms with Gasteiger partial charge in [0.25, 0.3) is 0 Å². The van der Waals surface area contributed by atoms with Crippen LogP contribution in [0.1, 0.15) is 19.1 Å². The lowest BCUT2D eigenvalue weighted by molar-refractivity contribution is -0.120. The fraction of sp³-hybridized carbons (Fsp3) is 0.240. The van der Waals surface area contributed by atoms with Gasteiger partial charge in [0.05, 0.1) is 37.8 Å². The van der Waals surface area contributed by atoms with E-state index < -0.39 is 0 Å². The van der Waals surface area contributed by atoms with Crippen LogP contribution in [0.3, 0.4) is 0 Å². The van der Waals surface area contributed by atoms with Crippen LogP contribution in [0.4, 0.5) is 11.5 Å². The summed E-state index contributed by atoms with van der Waals surface area (Å²) < 4.78 is 16.1. The van der Waals surface area contributed by atoms with E-state index in [-0.39, 0.29) is 11.2 Å². The molecule has 2 aromatic carbocycles. The van der Waals surface area contributed by atoms with E-state index in [2.05, 4.69) is 15.6 Å². The van der Waals surface area contributed by atoms with E-state index in [4.69, 9.17) is 18.9 Å². The number of anilines is 2. The highest BCUT2D eigenvalue weighted by molar-refractivity contribution is 8.00. The SMILES string of the molecule is CC[C@@H](Sc1nc(Nc2cc(OC)cc(OC)c2)c2ccccc2n1)C(=O)NCc1ccco1. The second kappa shape index (κ2) is 10.9. The molecule has 34 heavy (non-hydrogen) atoms. The fourth-order valence-electron chi connectivity index (χ4n) is 3.37. The van der Waals surface area contributed by atoms with Gasteiger partial charge in [0.1, 0.15) is 23.1 Å². The minimum absolute atomic E-state index is 0.0901. The van der Waals surface area contributed by atoms with E-state index in [1.807, 2.05) is 49.4 Å².